The van der Waals surface area contributed by atoms with Crippen LogP contribution in [0.5, 0.6) is 0 Å². The standard InChI is InChI=1S/C11H13N3O5S2/c15-20(16,7-9-2-1-3-19-9)10-5-14(6-10)21(17,18)11-4-12-8-13-11/h1-4,8,10H,5-7H2,(H,12,13). The lowest BCUT2D eigenvalue weighted by molar-refractivity contribution is 0.308. The van der Waals surface area contributed by atoms with Crippen LogP contribution < -0.4 is 0 Å². The monoisotopic (exact) mass is 331 g/mol. The Bertz CT molecular complexity index is 803. The van der Waals surface area contributed by atoms with E-state index < -0.39 is 25.1 Å². The topological polar surface area (TPSA) is 113 Å². The second-order valence-electron chi connectivity index (χ2n) is 4.75. The number of aromatic amines is 1. The van der Waals surface area contributed by atoms with Crippen molar-refractivity contribution in [1.82, 2.24) is 14.3 Å². The lowest BCUT2D eigenvalue weighted by Gasteiger charge is -2.36. The number of rotatable bonds is 5. The summed E-state index contributed by atoms with van der Waals surface area (Å²) in [6.07, 6.45) is 3.86. The van der Waals surface area contributed by atoms with Gasteiger partial charge in [0.25, 0.3) is 10.0 Å². The summed E-state index contributed by atoms with van der Waals surface area (Å²) in [5, 5.41) is -0.746. The van der Waals surface area contributed by atoms with E-state index >= 15 is 0 Å². The number of furan rings is 1. The molecule has 0 bridgehead atoms. The van der Waals surface area contributed by atoms with Gasteiger partial charge in [-0.1, -0.05) is 0 Å². The second kappa shape index (κ2) is 4.97. The molecule has 0 atom stereocenters. The molecular formula is C11H13N3O5S2. The van der Waals surface area contributed by atoms with E-state index in [9.17, 15) is 16.8 Å². The zero-order chi connectivity index (χ0) is 15.1. The van der Waals surface area contributed by atoms with Crippen LogP contribution in [0.4, 0.5) is 0 Å². The average molecular weight is 331 g/mol. The Kier molecular flexibility index (Phi) is 3.38. The molecule has 0 unspecified atom stereocenters. The zero-order valence-electron chi connectivity index (χ0n) is 10.8. The Morgan fingerprint density at radius 2 is 2.10 bits per heavy atom. The van der Waals surface area contributed by atoms with Gasteiger partial charge in [0.2, 0.25) is 0 Å². The molecule has 2 aromatic rings. The fraction of sp³-hybridized carbons (Fsp3) is 0.364. The number of H-pyrrole nitrogens is 1. The number of aromatic nitrogens is 2. The summed E-state index contributed by atoms with van der Waals surface area (Å²) >= 11 is 0. The quantitative estimate of drug-likeness (QED) is 0.824. The van der Waals surface area contributed by atoms with Crippen LogP contribution in [0.1, 0.15) is 5.76 Å². The minimum atomic E-state index is -3.69. The largest absolute Gasteiger partial charge is 0.468 e. The van der Waals surface area contributed by atoms with Gasteiger partial charge in [0.05, 0.1) is 24.0 Å². The van der Waals surface area contributed by atoms with Gasteiger partial charge in [-0.3, -0.25) is 0 Å². The Morgan fingerprint density at radius 3 is 2.67 bits per heavy atom. The normalized spacial score (nSPS) is 17.7. The summed E-state index contributed by atoms with van der Waals surface area (Å²) in [5.74, 6) is 0.132. The van der Waals surface area contributed by atoms with Crippen LogP contribution in [-0.2, 0) is 25.6 Å². The predicted molar refractivity (Wildman–Crippen MR) is 72.5 cm³/mol. The summed E-state index contributed by atoms with van der Waals surface area (Å²) in [7, 11) is -7.12. The molecule has 0 aromatic carbocycles. The maximum absolute atomic E-state index is 12.1. The van der Waals surface area contributed by atoms with Crippen molar-refractivity contribution in [2.45, 2.75) is 16.0 Å². The van der Waals surface area contributed by atoms with Crippen molar-refractivity contribution in [2.24, 2.45) is 0 Å². The highest BCUT2D eigenvalue weighted by Gasteiger charge is 2.44. The molecule has 8 nitrogen and oxygen atoms in total. The molecule has 3 heterocycles. The third-order valence-electron chi connectivity index (χ3n) is 3.34. The summed E-state index contributed by atoms with van der Waals surface area (Å²) in [5.41, 5.74) is 0. The molecule has 0 amide bonds. The number of hydrogen-bond acceptors (Lipinski definition) is 6. The van der Waals surface area contributed by atoms with Crippen LogP contribution >= 0.6 is 0 Å². The Morgan fingerprint density at radius 1 is 1.33 bits per heavy atom. The van der Waals surface area contributed by atoms with Crippen LogP contribution in [0.15, 0.2) is 40.4 Å². The molecule has 114 valence electrons. The minimum Gasteiger partial charge on any atom is -0.468 e. The molecule has 0 radical (unpaired) electrons. The van der Waals surface area contributed by atoms with Crippen molar-refractivity contribution in [3.63, 3.8) is 0 Å². The molecule has 2 aromatic heterocycles. The van der Waals surface area contributed by atoms with Gasteiger partial charge in [-0.2, -0.15) is 4.31 Å². The molecule has 0 saturated carbocycles. The molecule has 0 spiro atoms. The first kappa shape index (κ1) is 14.3. The van der Waals surface area contributed by atoms with E-state index in [2.05, 4.69) is 9.97 Å². The van der Waals surface area contributed by atoms with Crippen molar-refractivity contribution < 1.29 is 21.3 Å². The molecule has 1 N–H and O–H groups in total. The average Bonchev–Trinajstić information content (AvgIpc) is 2.95. The highest BCUT2D eigenvalue weighted by Crippen LogP contribution is 2.25. The van der Waals surface area contributed by atoms with Crippen LogP contribution in [0.2, 0.25) is 0 Å². The Labute approximate surface area is 121 Å². The number of sulfone groups is 1. The molecule has 1 aliphatic rings. The van der Waals surface area contributed by atoms with Gasteiger partial charge in [0.1, 0.15) is 11.5 Å². The van der Waals surface area contributed by atoms with Gasteiger partial charge < -0.3 is 9.40 Å². The van der Waals surface area contributed by atoms with E-state index in [-0.39, 0.29) is 23.9 Å². The van der Waals surface area contributed by atoms with Gasteiger partial charge in [-0.15, -0.1) is 0 Å². The SMILES string of the molecule is O=S(=O)(Cc1ccco1)C1CN(S(=O)(=O)c2cnc[nH]2)C1. The number of hydrogen-bond donors (Lipinski definition) is 1. The molecule has 0 aliphatic carbocycles. The van der Waals surface area contributed by atoms with E-state index in [1.165, 1.54) is 18.8 Å². The molecule has 3 rings (SSSR count). The van der Waals surface area contributed by atoms with E-state index in [1.807, 2.05) is 0 Å². The van der Waals surface area contributed by atoms with Crippen LogP contribution in [0.25, 0.3) is 0 Å². The van der Waals surface area contributed by atoms with E-state index in [1.54, 1.807) is 12.1 Å². The Balaban J connectivity index is 1.68. The van der Waals surface area contributed by atoms with E-state index in [0.29, 0.717) is 5.76 Å². The summed E-state index contributed by atoms with van der Waals surface area (Å²) in [4.78, 5) is 6.17. The summed E-state index contributed by atoms with van der Waals surface area (Å²) < 4.78 is 54.6. The van der Waals surface area contributed by atoms with Gasteiger partial charge >= 0.3 is 0 Å². The van der Waals surface area contributed by atoms with E-state index in [4.69, 9.17) is 4.42 Å². The second-order valence-corrected chi connectivity index (χ2v) is 8.93. The fourth-order valence-electron chi connectivity index (χ4n) is 2.06. The van der Waals surface area contributed by atoms with Gasteiger partial charge in [0.15, 0.2) is 14.9 Å². The summed E-state index contributed by atoms with van der Waals surface area (Å²) in [6, 6.07) is 3.19. The first-order valence-corrected chi connectivity index (χ1v) is 9.27. The maximum Gasteiger partial charge on any atom is 0.260 e. The Hall–Kier alpha value is -1.65. The van der Waals surface area contributed by atoms with Crippen molar-refractivity contribution in [3.05, 3.63) is 36.7 Å². The number of sulfonamides is 1. The highest BCUT2D eigenvalue weighted by molar-refractivity contribution is 7.92. The van der Waals surface area contributed by atoms with Crippen molar-refractivity contribution in [2.75, 3.05) is 13.1 Å². The van der Waals surface area contributed by atoms with Crippen LogP contribution in [-0.4, -0.2) is 49.4 Å². The molecule has 21 heavy (non-hydrogen) atoms. The maximum atomic E-state index is 12.1. The first-order chi connectivity index (χ1) is 9.89. The van der Waals surface area contributed by atoms with Crippen LogP contribution in [0.3, 0.4) is 0 Å². The van der Waals surface area contributed by atoms with Crippen molar-refractivity contribution >= 4 is 19.9 Å². The lowest BCUT2D eigenvalue weighted by atomic mass is 10.3. The lowest BCUT2D eigenvalue weighted by Crippen LogP contribution is -2.56. The first-order valence-electron chi connectivity index (χ1n) is 6.12. The number of imidazole rings is 1. The number of nitrogens with one attached hydrogen (secondary N) is 1. The molecule has 10 heteroatoms. The minimum absolute atomic E-state index is 0.0376. The molecule has 1 fully saturated rings. The highest BCUT2D eigenvalue weighted by atomic mass is 32.2. The van der Waals surface area contributed by atoms with Gasteiger partial charge in [-0.25, -0.2) is 21.8 Å². The molecule has 1 saturated heterocycles. The van der Waals surface area contributed by atoms with Crippen molar-refractivity contribution in [3.8, 4) is 0 Å². The van der Waals surface area contributed by atoms with Crippen molar-refractivity contribution in [1.29, 1.82) is 0 Å². The summed E-state index contributed by atoms with van der Waals surface area (Å²) in [6.45, 7) is -0.102. The molecular weight excluding hydrogens is 318 g/mol. The smallest absolute Gasteiger partial charge is 0.260 e. The number of nitrogens with zero attached hydrogens (tertiary/aromatic N) is 2. The fourth-order valence-corrected chi connectivity index (χ4v) is 5.28. The third kappa shape index (κ3) is 2.61. The zero-order valence-corrected chi connectivity index (χ0v) is 12.5. The van der Waals surface area contributed by atoms with Gasteiger partial charge in [0, 0.05) is 13.1 Å². The van der Waals surface area contributed by atoms with Gasteiger partial charge in [-0.05, 0) is 12.1 Å². The third-order valence-corrected chi connectivity index (χ3v) is 7.09. The predicted octanol–water partition coefficient (Wildman–Crippen LogP) is -0.00940. The van der Waals surface area contributed by atoms with Crippen LogP contribution in [0, 0.1) is 0 Å². The van der Waals surface area contributed by atoms with E-state index in [0.717, 1.165) is 4.31 Å². The molecule has 1 aliphatic heterocycles.